The van der Waals surface area contributed by atoms with E-state index in [-0.39, 0.29) is 32.3 Å². The monoisotopic (exact) mass is 828 g/mol. The third-order valence-corrected chi connectivity index (χ3v) is 9.86. The predicted molar refractivity (Wildman–Crippen MR) is 226 cm³/mol. The number of unbranched alkanes of at least 4 members (excludes halogenated alkanes) is 12. The van der Waals surface area contributed by atoms with E-state index in [0.717, 1.165) is 25.7 Å². The van der Waals surface area contributed by atoms with Crippen molar-refractivity contribution in [3.63, 3.8) is 0 Å². The van der Waals surface area contributed by atoms with Gasteiger partial charge in [0, 0.05) is 12.8 Å². The zero-order valence-corrected chi connectivity index (χ0v) is 36.7. The molecule has 0 amide bonds. The molecule has 0 bridgehead atoms. The molecule has 0 aromatic heterocycles. The summed E-state index contributed by atoms with van der Waals surface area (Å²) in [6.07, 6.45) is 30.6. The van der Waals surface area contributed by atoms with Crippen molar-refractivity contribution in [3.8, 4) is 0 Å². The van der Waals surface area contributed by atoms with E-state index < -0.39 is 57.4 Å². The number of hydrogen-bond acceptors (Lipinski definition) is 11. The first-order valence-electron chi connectivity index (χ1n) is 21.3. The third-order valence-electron chi connectivity index (χ3n) is 8.89. The maximum atomic E-state index is 12.7. The molecule has 0 saturated heterocycles. The highest BCUT2D eigenvalue weighted by Gasteiger charge is 2.22. The fraction of sp³-hybridized carbons (Fsp3) is 0.727. The number of quaternary nitrogens is 1. The zero-order chi connectivity index (χ0) is 42.6. The van der Waals surface area contributed by atoms with Gasteiger partial charge in [0.05, 0.1) is 46.1 Å². The standard InChI is InChI=1S/C44H78NO11P/c1-6-8-10-11-12-13-14-15-16-17-18-23-27-33-44(50)56-40(38-55-57(51,52)54-36-35-45(3,4)5)37-53-43(49)34-28-32-42(48)41(47)31-26-22-20-19-21-25-30-39(46)29-24-9-7-2/h9,19-22,24-26,30-31,39-42,46-48H,6-8,10-18,23,27-29,32-38H2,1-5H3/b21-19+,22-20-,24-9-,30-25+,31-26-/t39-,40-,41+,42+/m1/s1. The Morgan fingerprint density at radius 2 is 1.23 bits per heavy atom. The van der Waals surface area contributed by atoms with Crippen molar-refractivity contribution in [3.05, 3.63) is 60.8 Å². The van der Waals surface area contributed by atoms with Crippen LogP contribution in [0.4, 0.5) is 0 Å². The molecule has 0 radical (unpaired) electrons. The molecule has 0 spiro atoms. The summed E-state index contributed by atoms with van der Waals surface area (Å²) in [6.45, 7) is 3.62. The van der Waals surface area contributed by atoms with Gasteiger partial charge in [-0.1, -0.05) is 152 Å². The number of phosphoric acid groups is 1. The molecule has 0 aliphatic heterocycles. The lowest BCUT2D eigenvalue weighted by molar-refractivity contribution is -0.870. The first kappa shape index (κ1) is 54.6. The molecule has 12 nitrogen and oxygen atoms in total. The average Bonchev–Trinajstić information content (AvgIpc) is 3.15. The molecular formula is C44H78NO11P. The Hall–Kier alpha value is -2.41. The van der Waals surface area contributed by atoms with E-state index in [2.05, 4.69) is 6.92 Å². The number of carbonyl (C=O) groups excluding carboxylic acids is 2. The number of nitrogens with zero attached hydrogens (tertiary/aromatic N) is 1. The SMILES string of the molecule is CC/C=C\C[C@@H](O)/C=C/C=C/C=C\C=C/[C@H](O)[C@@H](O)CCCC(=O)OC[C@H](COP(=O)([O-])OCC[N+](C)(C)C)OC(=O)CCCCCCCCCCCCCCC. The van der Waals surface area contributed by atoms with Gasteiger partial charge in [-0.05, 0) is 32.1 Å². The molecule has 0 rings (SSSR count). The van der Waals surface area contributed by atoms with E-state index in [1.54, 1.807) is 42.5 Å². The van der Waals surface area contributed by atoms with E-state index in [4.69, 9.17) is 18.5 Å². The second-order valence-corrected chi connectivity index (χ2v) is 17.0. The zero-order valence-electron chi connectivity index (χ0n) is 35.8. The maximum absolute atomic E-state index is 12.7. The average molecular weight is 828 g/mol. The topological polar surface area (TPSA) is 172 Å². The highest BCUT2D eigenvalue weighted by molar-refractivity contribution is 7.45. The minimum Gasteiger partial charge on any atom is -0.756 e. The van der Waals surface area contributed by atoms with Crippen LogP contribution < -0.4 is 4.89 Å². The Morgan fingerprint density at radius 1 is 0.684 bits per heavy atom. The third kappa shape index (κ3) is 37.6. The molecule has 13 heteroatoms. The number of rotatable bonds is 37. The van der Waals surface area contributed by atoms with E-state index in [9.17, 15) is 34.4 Å². The second-order valence-electron chi connectivity index (χ2n) is 15.6. The second kappa shape index (κ2) is 35.5. The summed E-state index contributed by atoms with van der Waals surface area (Å²) >= 11 is 0. The smallest absolute Gasteiger partial charge is 0.306 e. The predicted octanol–water partition coefficient (Wildman–Crippen LogP) is 7.96. The lowest BCUT2D eigenvalue weighted by Crippen LogP contribution is -2.37. The Balaban J connectivity index is 4.71. The number of phosphoric ester groups is 1. The number of aliphatic hydroxyl groups is 3. The van der Waals surface area contributed by atoms with Crippen molar-refractivity contribution in [2.24, 2.45) is 0 Å². The van der Waals surface area contributed by atoms with Crippen molar-refractivity contribution in [2.75, 3.05) is 47.5 Å². The van der Waals surface area contributed by atoms with Crippen molar-refractivity contribution in [2.45, 2.75) is 160 Å². The molecule has 0 heterocycles. The van der Waals surface area contributed by atoms with Gasteiger partial charge < -0.3 is 43.2 Å². The first-order chi connectivity index (χ1) is 27.2. The summed E-state index contributed by atoms with van der Waals surface area (Å²) in [7, 11) is 0.969. The molecule has 0 saturated carbocycles. The van der Waals surface area contributed by atoms with Crippen LogP contribution in [-0.2, 0) is 32.7 Å². The van der Waals surface area contributed by atoms with Gasteiger partial charge in [-0.3, -0.25) is 14.2 Å². The molecule has 5 atom stereocenters. The van der Waals surface area contributed by atoms with Crippen LogP contribution in [0.2, 0.25) is 0 Å². The van der Waals surface area contributed by atoms with Gasteiger partial charge in [0.2, 0.25) is 0 Å². The van der Waals surface area contributed by atoms with Gasteiger partial charge in [-0.15, -0.1) is 0 Å². The van der Waals surface area contributed by atoms with Crippen molar-refractivity contribution >= 4 is 19.8 Å². The minimum absolute atomic E-state index is 0.0794. The Bertz CT molecular complexity index is 1210. The van der Waals surface area contributed by atoms with Gasteiger partial charge >= 0.3 is 11.9 Å². The molecule has 1 unspecified atom stereocenters. The summed E-state index contributed by atoms with van der Waals surface area (Å²) in [5.41, 5.74) is 0. The van der Waals surface area contributed by atoms with E-state index in [1.165, 1.54) is 63.9 Å². The number of allylic oxidation sites excluding steroid dienone is 7. The lowest BCUT2D eigenvalue weighted by Gasteiger charge is -2.28. The van der Waals surface area contributed by atoms with E-state index >= 15 is 0 Å². The molecule has 3 N–H and O–H groups in total. The van der Waals surface area contributed by atoms with Crippen LogP contribution in [0.3, 0.4) is 0 Å². The van der Waals surface area contributed by atoms with Crippen LogP contribution in [0.25, 0.3) is 0 Å². The number of ether oxygens (including phenoxy) is 2. The van der Waals surface area contributed by atoms with Crippen LogP contribution in [0.1, 0.15) is 136 Å². The van der Waals surface area contributed by atoms with Gasteiger partial charge in [0.1, 0.15) is 19.8 Å². The van der Waals surface area contributed by atoms with Gasteiger partial charge in [0.25, 0.3) is 7.82 Å². The fourth-order valence-corrected chi connectivity index (χ4v) is 6.14. The number of esters is 2. The highest BCUT2D eigenvalue weighted by atomic mass is 31.2. The van der Waals surface area contributed by atoms with E-state index in [0.29, 0.717) is 23.9 Å². The molecule has 0 aromatic carbocycles. The fourth-order valence-electron chi connectivity index (χ4n) is 5.41. The quantitative estimate of drug-likeness (QED) is 0.0139. The van der Waals surface area contributed by atoms with Crippen LogP contribution in [0.15, 0.2) is 60.8 Å². The van der Waals surface area contributed by atoms with Crippen molar-refractivity contribution in [1.29, 1.82) is 0 Å². The number of aliphatic hydroxyl groups excluding tert-OH is 3. The van der Waals surface area contributed by atoms with Gasteiger partial charge in [-0.25, -0.2) is 0 Å². The molecule has 0 aromatic rings. The van der Waals surface area contributed by atoms with Gasteiger partial charge in [0.15, 0.2) is 6.10 Å². The van der Waals surface area contributed by atoms with Crippen LogP contribution in [0.5, 0.6) is 0 Å². The summed E-state index contributed by atoms with van der Waals surface area (Å²) in [5.74, 6) is -1.17. The van der Waals surface area contributed by atoms with Crippen molar-refractivity contribution < 1.29 is 57.4 Å². The first-order valence-corrected chi connectivity index (χ1v) is 22.8. The normalized spacial score (nSPS) is 15.9. The van der Waals surface area contributed by atoms with Crippen LogP contribution in [0, 0.1) is 0 Å². The highest BCUT2D eigenvalue weighted by Crippen LogP contribution is 2.38. The Kier molecular flexibility index (Phi) is 34.0. The van der Waals surface area contributed by atoms with Crippen LogP contribution >= 0.6 is 7.82 Å². The number of carbonyl (C=O) groups is 2. The summed E-state index contributed by atoms with van der Waals surface area (Å²) in [4.78, 5) is 37.5. The summed E-state index contributed by atoms with van der Waals surface area (Å²) in [6, 6.07) is 0. The maximum Gasteiger partial charge on any atom is 0.306 e. The molecule has 0 fully saturated rings. The molecule has 0 aliphatic carbocycles. The summed E-state index contributed by atoms with van der Waals surface area (Å²) < 4.78 is 33.6. The molecule has 57 heavy (non-hydrogen) atoms. The minimum atomic E-state index is -4.71. The summed E-state index contributed by atoms with van der Waals surface area (Å²) in [5, 5.41) is 30.4. The van der Waals surface area contributed by atoms with E-state index in [1.807, 2.05) is 40.2 Å². The number of hydrogen-bond donors (Lipinski definition) is 3. The molecular weight excluding hydrogens is 749 g/mol. The van der Waals surface area contributed by atoms with Crippen LogP contribution in [-0.4, -0.2) is 104 Å². The Labute approximate surface area is 344 Å². The Morgan fingerprint density at radius 3 is 1.81 bits per heavy atom. The van der Waals surface area contributed by atoms with Gasteiger partial charge in [-0.2, -0.15) is 0 Å². The molecule has 0 aliphatic rings. The molecule has 330 valence electrons. The largest absolute Gasteiger partial charge is 0.756 e. The van der Waals surface area contributed by atoms with Crippen molar-refractivity contribution in [1.82, 2.24) is 0 Å². The number of likely N-dealkylation sites (N-methyl/N-ethyl adjacent to an activating group) is 1. The lowest BCUT2D eigenvalue weighted by atomic mass is 10.0.